The molecule has 1 nitrogen and oxygen atoms in total. The Morgan fingerprint density at radius 3 is 2.60 bits per heavy atom. The van der Waals surface area contributed by atoms with Crippen molar-refractivity contribution in [2.24, 2.45) is 0 Å². The lowest BCUT2D eigenvalue weighted by Gasteiger charge is -2.18. The number of halogens is 2. The summed E-state index contributed by atoms with van der Waals surface area (Å²) in [5, 5.41) is 4.51. The Kier molecular flexibility index (Phi) is 3.78. The van der Waals surface area contributed by atoms with Gasteiger partial charge in [0.05, 0.1) is 5.69 Å². The summed E-state index contributed by atoms with van der Waals surface area (Å²) in [6.45, 7) is 4.27. The third-order valence-corrected chi connectivity index (χ3v) is 4.74. The molecule has 3 rings (SSSR count). The van der Waals surface area contributed by atoms with E-state index in [1.54, 1.807) is 0 Å². The molecule has 1 N–H and O–H groups in total. The van der Waals surface area contributed by atoms with Gasteiger partial charge in [-0.05, 0) is 83.1 Å². The van der Waals surface area contributed by atoms with Gasteiger partial charge in [-0.2, -0.15) is 0 Å². The molecule has 0 bridgehead atoms. The molecule has 0 amide bonds. The van der Waals surface area contributed by atoms with Crippen LogP contribution < -0.4 is 5.32 Å². The van der Waals surface area contributed by atoms with Crippen LogP contribution in [0.2, 0.25) is 5.02 Å². The molecule has 1 aliphatic rings. The summed E-state index contributed by atoms with van der Waals surface area (Å²) in [4.78, 5) is 0. The van der Waals surface area contributed by atoms with E-state index in [2.05, 4.69) is 59.4 Å². The number of nitrogens with one attached hydrogen (secondary N) is 1. The molecule has 0 saturated heterocycles. The highest BCUT2D eigenvalue weighted by Crippen LogP contribution is 2.32. The van der Waals surface area contributed by atoms with Gasteiger partial charge < -0.3 is 5.32 Å². The zero-order valence-electron chi connectivity index (χ0n) is 11.6. The third kappa shape index (κ3) is 2.72. The van der Waals surface area contributed by atoms with Gasteiger partial charge in [-0.25, -0.2) is 0 Å². The van der Waals surface area contributed by atoms with Crippen molar-refractivity contribution in [3.05, 3.63) is 62.1 Å². The predicted octanol–water partition coefficient (Wildman–Crippen LogP) is 5.30. The summed E-state index contributed by atoms with van der Waals surface area (Å²) < 4.78 is 1.14. The van der Waals surface area contributed by atoms with E-state index in [1.165, 1.54) is 27.9 Å². The number of rotatable bonds is 2. The molecule has 0 radical (unpaired) electrons. The van der Waals surface area contributed by atoms with E-state index in [0.29, 0.717) is 6.04 Å². The van der Waals surface area contributed by atoms with Crippen LogP contribution in [0.1, 0.15) is 22.3 Å². The fourth-order valence-electron chi connectivity index (χ4n) is 2.99. The first-order valence-corrected chi connectivity index (χ1v) is 8.00. The second-order valence-corrected chi connectivity index (χ2v) is 6.89. The molecule has 0 aliphatic heterocycles. The summed E-state index contributed by atoms with van der Waals surface area (Å²) in [6, 6.07) is 11.0. The Hall–Kier alpha value is -0.990. The van der Waals surface area contributed by atoms with Crippen molar-refractivity contribution >= 4 is 33.2 Å². The molecule has 0 spiro atoms. The standard InChI is InChI=1S/C17H17BrClN/c1-10-5-11(2)17(16(18)6-10)20-15-8-12-3-4-14(19)7-13(12)9-15/h3-7,15,20H,8-9H2,1-2H3. The quantitative estimate of drug-likeness (QED) is 0.775. The van der Waals surface area contributed by atoms with Gasteiger partial charge in [0, 0.05) is 15.5 Å². The van der Waals surface area contributed by atoms with Gasteiger partial charge >= 0.3 is 0 Å². The van der Waals surface area contributed by atoms with Crippen LogP contribution in [0.25, 0.3) is 0 Å². The molecule has 20 heavy (non-hydrogen) atoms. The second kappa shape index (κ2) is 5.42. The Morgan fingerprint density at radius 2 is 1.85 bits per heavy atom. The lowest BCUT2D eigenvalue weighted by atomic mass is 10.1. The highest BCUT2D eigenvalue weighted by atomic mass is 79.9. The number of hydrogen-bond donors (Lipinski definition) is 1. The minimum Gasteiger partial charge on any atom is -0.381 e. The molecular weight excluding hydrogens is 334 g/mol. The zero-order chi connectivity index (χ0) is 14.3. The number of fused-ring (bicyclic) bond motifs is 1. The van der Waals surface area contributed by atoms with Crippen molar-refractivity contribution in [2.45, 2.75) is 32.7 Å². The van der Waals surface area contributed by atoms with Crippen molar-refractivity contribution < 1.29 is 0 Å². The van der Waals surface area contributed by atoms with E-state index in [0.717, 1.165) is 22.3 Å². The van der Waals surface area contributed by atoms with Crippen LogP contribution in [-0.4, -0.2) is 6.04 Å². The average molecular weight is 351 g/mol. The molecule has 104 valence electrons. The van der Waals surface area contributed by atoms with E-state index < -0.39 is 0 Å². The van der Waals surface area contributed by atoms with Crippen molar-refractivity contribution in [1.82, 2.24) is 0 Å². The lowest BCUT2D eigenvalue weighted by molar-refractivity contribution is 0.772. The monoisotopic (exact) mass is 349 g/mol. The van der Waals surface area contributed by atoms with E-state index >= 15 is 0 Å². The Labute approximate surface area is 133 Å². The maximum atomic E-state index is 6.07. The van der Waals surface area contributed by atoms with Crippen molar-refractivity contribution in [3.8, 4) is 0 Å². The Balaban J connectivity index is 1.81. The van der Waals surface area contributed by atoms with Gasteiger partial charge in [0.1, 0.15) is 0 Å². The molecule has 1 aliphatic carbocycles. The van der Waals surface area contributed by atoms with E-state index in [-0.39, 0.29) is 0 Å². The summed E-state index contributed by atoms with van der Waals surface area (Å²) in [6.07, 6.45) is 2.10. The molecule has 0 fully saturated rings. The fraction of sp³-hybridized carbons (Fsp3) is 0.294. The van der Waals surface area contributed by atoms with Gasteiger partial charge in [-0.15, -0.1) is 0 Å². The largest absolute Gasteiger partial charge is 0.381 e. The van der Waals surface area contributed by atoms with E-state index in [9.17, 15) is 0 Å². The highest BCUT2D eigenvalue weighted by molar-refractivity contribution is 9.10. The molecule has 3 heteroatoms. The topological polar surface area (TPSA) is 12.0 Å². The van der Waals surface area contributed by atoms with Crippen LogP contribution in [0.15, 0.2) is 34.8 Å². The van der Waals surface area contributed by atoms with Crippen LogP contribution in [0.3, 0.4) is 0 Å². The molecule has 0 saturated carbocycles. The first-order chi connectivity index (χ1) is 9.52. The van der Waals surface area contributed by atoms with Crippen LogP contribution >= 0.6 is 27.5 Å². The maximum Gasteiger partial charge on any atom is 0.0516 e. The normalized spacial score (nSPS) is 17.1. The number of benzene rings is 2. The van der Waals surface area contributed by atoms with Crippen molar-refractivity contribution in [1.29, 1.82) is 0 Å². The van der Waals surface area contributed by atoms with E-state index in [1.807, 2.05) is 6.07 Å². The average Bonchev–Trinajstić information content (AvgIpc) is 2.75. The van der Waals surface area contributed by atoms with Crippen LogP contribution in [0.4, 0.5) is 5.69 Å². The smallest absolute Gasteiger partial charge is 0.0516 e. The molecule has 1 atom stereocenters. The second-order valence-electron chi connectivity index (χ2n) is 5.60. The lowest BCUT2D eigenvalue weighted by Crippen LogP contribution is -2.20. The molecular formula is C17H17BrClN. The first kappa shape index (κ1) is 14.0. The summed E-state index contributed by atoms with van der Waals surface area (Å²) in [7, 11) is 0. The van der Waals surface area contributed by atoms with Crippen LogP contribution in [-0.2, 0) is 12.8 Å². The fourth-order valence-corrected chi connectivity index (χ4v) is 3.97. The summed E-state index contributed by atoms with van der Waals surface area (Å²) >= 11 is 9.74. The number of anilines is 1. The minimum absolute atomic E-state index is 0.446. The molecule has 0 aromatic heterocycles. The molecule has 0 heterocycles. The Bertz CT molecular complexity index is 643. The SMILES string of the molecule is Cc1cc(C)c(NC2Cc3ccc(Cl)cc3C2)c(Br)c1. The summed E-state index contributed by atoms with van der Waals surface area (Å²) in [5.41, 5.74) is 6.55. The van der Waals surface area contributed by atoms with Crippen molar-refractivity contribution in [2.75, 3.05) is 5.32 Å². The number of aryl methyl sites for hydroxylation is 2. The van der Waals surface area contributed by atoms with Gasteiger partial charge in [0.25, 0.3) is 0 Å². The predicted molar refractivity (Wildman–Crippen MR) is 89.9 cm³/mol. The van der Waals surface area contributed by atoms with Crippen LogP contribution in [0.5, 0.6) is 0 Å². The van der Waals surface area contributed by atoms with Crippen molar-refractivity contribution in [3.63, 3.8) is 0 Å². The van der Waals surface area contributed by atoms with Gasteiger partial charge in [0.2, 0.25) is 0 Å². The first-order valence-electron chi connectivity index (χ1n) is 6.83. The minimum atomic E-state index is 0.446. The highest BCUT2D eigenvalue weighted by Gasteiger charge is 2.22. The molecule has 1 unspecified atom stereocenters. The van der Waals surface area contributed by atoms with Crippen LogP contribution in [0, 0.1) is 13.8 Å². The van der Waals surface area contributed by atoms with E-state index in [4.69, 9.17) is 11.6 Å². The maximum absolute atomic E-state index is 6.07. The zero-order valence-corrected chi connectivity index (χ0v) is 14.0. The summed E-state index contributed by atoms with van der Waals surface area (Å²) in [5.74, 6) is 0. The van der Waals surface area contributed by atoms with Gasteiger partial charge in [-0.1, -0.05) is 23.7 Å². The molecule has 2 aromatic carbocycles. The third-order valence-electron chi connectivity index (χ3n) is 3.88. The number of hydrogen-bond acceptors (Lipinski definition) is 1. The molecule has 2 aromatic rings. The Morgan fingerprint density at radius 1 is 1.10 bits per heavy atom. The van der Waals surface area contributed by atoms with Gasteiger partial charge in [0.15, 0.2) is 0 Å². The van der Waals surface area contributed by atoms with Gasteiger partial charge in [-0.3, -0.25) is 0 Å².